The third-order valence-corrected chi connectivity index (χ3v) is 8.67. The van der Waals surface area contributed by atoms with Gasteiger partial charge in [-0.1, -0.05) is 35.3 Å². The minimum absolute atomic E-state index is 0.0214. The number of carbonyl (C=O) groups is 4. The van der Waals surface area contributed by atoms with Crippen molar-refractivity contribution in [3.8, 4) is 5.75 Å². The average molecular weight is 661 g/mol. The van der Waals surface area contributed by atoms with Crippen LogP contribution < -0.4 is 5.32 Å². The van der Waals surface area contributed by atoms with E-state index in [1.807, 2.05) is 0 Å². The molecule has 4 rings (SSSR count). The van der Waals surface area contributed by atoms with Gasteiger partial charge in [0, 0.05) is 30.3 Å². The fourth-order valence-corrected chi connectivity index (χ4v) is 6.10. The van der Waals surface area contributed by atoms with Crippen LogP contribution in [0.25, 0.3) is 5.70 Å². The number of carboxylic acids is 2. The Kier molecular flexibility index (Phi) is 9.17. The minimum atomic E-state index is -3.56. The van der Waals surface area contributed by atoms with Crippen molar-refractivity contribution in [1.82, 2.24) is 10.2 Å². The van der Waals surface area contributed by atoms with Crippen LogP contribution in [0.1, 0.15) is 47.8 Å². The number of carbonyl (C=O) groups excluding carboxylic acids is 3. The van der Waals surface area contributed by atoms with Gasteiger partial charge in [0.05, 0.1) is 20.5 Å². The van der Waals surface area contributed by atoms with Crippen molar-refractivity contribution in [1.29, 1.82) is 0 Å². The topological polar surface area (TPSA) is 195 Å². The molecule has 228 valence electrons. The number of amides is 2. The van der Waals surface area contributed by atoms with Crippen LogP contribution in [0.2, 0.25) is 10.0 Å². The van der Waals surface area contributed by atoms with Gasteiger partial charge in [-0.05, 0) is 53.9 Å². The van der Waals surface area contributed by atoms with Crippen LogP contribution in [0.15, 0.2) is 53.4 Å². The normalized spacial score (nSPS) is 13.4. The summed E-state index contributed by atoms with van der Waals surface area (Å²) in [4.78, 5) is 62.7. The second kappa shape index (κ2) is 12.5. The lowest BCUT2D eigenvalue weighted by Gasteiger charge is -2.31. The number of aromatic carboxylic acids is 1. The molecule has 3 aromatic carbocycles. The van der Waals surface area contributed by atoms with Crippen LogP contribution in [0.3, 0.4) is 0 Å². The molecule has 3 aromatic rings. The van der Waals surface area contributed by atoms with Gasteiger partial charge in [0.25, 0.3) is 11.8 Å². The van der Waals surface area contributed by atoms with E-state index in [0.717, 1.165) is 23.3 Å². The Balaban J connectivity index is 1.62. The first-order valence-corrected chi connectivity index (χ1v) is 15.3. The number of carboxylic acid groups (broad SMARTS) is 2. The highest BCUT2D eigenvalue weighted by molar-refractivity contribution is 7.90. The molecular weight excluding hydrogens is 639 g/mol. The highest BCUT2D eigenvalue weighted by Gasteiger charge is 2.33. The number of hydrogen-bond donors (Lipinski definition) is 4. The van der Waals surface area contributed by atoms with E-state index in [2.05, 4.69) is 5.32 Å². The number of aliphatic carboxylic acids is 1. The molecule has 1 heterocycles. The summed E-state index contributed by atoms with van der Waals surface area (Å²) in [5.74, 6) is -3.48. The SMILES string of the molecule is CS(=O)(=O)c1cccc(C[C@H](NC(=O)c2c(Cl)cc3c(c2Cl)CCN(C(=O)c2ccc(C(=O)O)c(O)c2)C3=C=O)C(=O)O)c1. The molecule has 0 spiro atoms. The van der Waals surface area contributed by atoms with E-state index in [-0.39, 0.29) is 62.3 Å². The Bertz CT molecular complexity index is 1900. The molecule has 0 bridgehead atoms. The number of aromatic hydroxyl groups is 1. The molecule has 0 aliphatic carbocycles. The third kappa shape index (κ3) is 6.46. The highest BCUT2D eigenvalue weighted by atomic mass is 35.5. The molecule has 0 unspecified atom stereocenters. The van der Waals surface area contributed by atoms with Crippen LogP contribution in [0, 0.1) is 0 Å². The van der Waals surface area contributed by atoms with Crippen LogP contribution in [0.5, 0.6) is 5.75 Å². The van der Waals surface area contributed by atoms with Gasteiger partial charge in [-0.3, -0.25) is 14.5 Å². The Morgan fingerprint density at radius 3 is 2.36 bits per heavy atom. The van der Waals surface area contributed by atoms with Gasteiger partial charge in [-0.2, -0.15) is 0 Å². The van der Waals surface area contributed by atoms with E-state index in [1.165, 1.54) is 36.4 Å². The van der Waals surface area contributed by atoms with Crippen molar-refractivity contribution in [3.63, 3.8) is 0 Å². The van der Waals surface area contributed by atoms with Crippen LogP contribution in [-0.4, -0.2) is 77.2 Å². The number of benzene rings is 3. The minimum Gasteiger partial charge on any atom is -0.507 e. The molecule has 0 aromatic heterocycles. The van der Waals surface area contributed by atoms with Gasteiger partial charge in [0.2, 0.25) is 0 Å². The predicted octanol–water partition coefficient (Wildman–Crippen LogP) is 3.10. The quantitative estimate of drug-likeness (QED) is 0.261. The summed E-state index contributed by atoms with van der Waals surface area (Å²) in [6.07, 6.45) is 0.775. The number of nitrogens with one attached hydrogen (secondary N) is 1. The zero-order valence-electron chi connectivity index (χ0n) is 22.6. The van der Waals surface area contributed by atoms with Crippen molar-refractivity contribution in [2.75, 3.05) is 12.8 Å². The van der Waals surface area contributed by atoms with Crippen LogP contribution in [0.4, 0.5) is 0 Å². The second-order valence-corrected chi connectivity index (χ2v) is 12.6. The maximum absolute atomic E-state index is 13.3. The maximum atomic E-state index is 13.3. The first kappa shape index (κ1) is 32.2. The summed E-state index contributed by atoms with van der Waals surface area (Å²) in [6.45, 7) is -0.116. The number of sulfone groups is 1. The Hall–Kier alpha value is -4.68. The molecule has 4 N–H and O–H groups in total. The molecule has 15 heteroatoms. The molecule has 0 saturated heterocycles. The number of rotatable bonds is 8. The largest absolute Gasteiger partial charge is 0.507 e. The van der Waals surface area contributed by atoms with Crippen molar-refractivity contribution >= 4 is 68.4 Å². The van der Waals surface area contributed by atoms with Gasteiger partial charge in [0.1, 0.15) is 23.1 Å². The molecule has 0 radical (unpaired) electrons. The summed E-state index contributed by atoms with van der Waals surface area (Å²) in [5.41, 5.74) is -0.400. The molecule has 12 nitrogen and oxygen atoms in total. The fourth-order valence-electron chi connectivity index (χ4n) is 4.69. The van der Waals surface area contributed by atoms with Crippen LogP contribution in [-0.2, 0) is 32.3 Å². The van der Waals surface area contributed by atoms with E-state index >= 15 is 0 Å². The number of hydrogen-bond acceptors (Lipinski definition) is 8. The van der Waals surface area contributed by atoms with E-state index in [4.69, 9.17) is 28.3 Å². The van der Waals surface area contributed by atoms with Crippen LogP contribution >= 0.6 is 23.2 Å². The predicted molar refractivity (Wildman–Crippen MR) is 158 cm³/mol. The lowest BCUT2D eigenvalue weighted by molar-refractivity contribution is -0.139. The number of phenols is 1. The van der Waals surface area contributed by atoms with Gasteiger partial charge >= 0.3 is 11.9 Å². The molecule has 2 amide bonds. The zero-order chi connectivity index (χ0) is 32.5. The zero-order valence-corrected chi connectivity index (χ0v) is 25.0. The Morgan fingerprint density at radius 1 is 1.07 bits per heavy atom. The third-order valence-electron chi connectivity index (χ3n) is 6.84. The lowest BCUT2D eigenvalue weighted by Crippen LogP contribution is -2.42. The fraction of sp³-hybridized carbons (Fsp3) is 0.172. The standard InChI is InChI=1S/C29H22Cl2N2O10S/c1-44(42,43)16-4-2-3-14(9-16)10-21(29(40)41)32-26(36)24-20(30)12-19-17(25(24)31)7-8-33(22(19)13-34)27(37)15-5-6-18(28(38)39)23(35)11-15/h2-6,9,11-12,21,35H,7-8,10H2,1H3,(H,32,36)(H,38,39)(H,40,41)/t21-/m0/s1. The second-order valence-electron chi connectivity index (χ2n) is 9.76. The molecule has 0 saturated carbocycles. The monoisotopic (exact) mass is 660 g/mol. The Labute approximate surface area is 260 Å². The first-order valence-electron chi connectivity index (χ1n) is 12.6. The summed E-state index contributed by atoms with van der Waals surface area (Å²) in [7, 11) is -3.56. The maximum Gasteiger partial charge on any atom is 0.339 e. The molecule has 0 fully saturated rings. The summed E-state index contributed by atoms with van der Waals surface area (Å²) < 4.78 is 23.8. The highest BCUT2D eigenvalue weighted by Crippen LogP contribution is 2.39. The number of halogens is 2. The summed E-state index contributed by atoms with van der Waals surface area (Å²) in [6, 6.07) is 8.50. The van der Waals surface area contributed by atoms with Gasteiger partial charge in [-0.25, -0.2) is 22.8 Å². The van der Waals surface area contributed by atoms with Gasteiger partial charge < -0.3 is 20.6 Å². The van der Waals surface area contributed by atoms with Crippen molar-refractivity contribution in [2.45, 2.75) is 23.8 Å². The number of fused-ring (bicyclic) bond motifs is 1. The van der Waals surface area contributed by atoms with Crippen molar-refractivity contribution < 1.29 is 47.7 Å². The number of nitrogens with zero attached hydrogens (tertiary/aromatic N) is 1. The van der Waals surface area contributed by atoms with Gasteiger partial charge in [0.15, 0.2) is 15.8 Å². The molecule has 1 aliphatic heterocycles. The lowest BCUT2D eigenvalue weighted by atomic mass is 9.93. The van der Waals surface area contributed by atoms with Crippen molar-refractivity contribution in [2.24, 2.45) is 0 Å². The molecule has 1 atom stereocenters. The Morgan fingerprint density at radius 2 is 1.77 bits per heavy atom. The average Bonchev–Trinajstić information content (AvgIpc) is 2.95. The van der Waals surface area contributed by atoms with E-state index in [1.54, 1.807) is 5.94 Å². The summed E-state index contributed by atoms with van der Waals surface area (Å²) >= 11 is 13.0. The van der Waals surface area contributed by atoms with Crippen molar-refractivity contribution in [3.05, 3.63) is 92.0 Å². The molecule has 44 heavy (non-hydrogen) atoms. The van der Waals surface area contributed by atoms with Gasteiger partial charge in [-0.15, -0.1) is 0 Å². The first-order chi connectivity index (χ1) is 20.6. The summed E-state index contributed by atoms with van der Waals surface area (Å²) in [5, 5.41) is 30.8. The smallest absolute Gasteiger partial charge is 0.339 e. The molecular formula is C29H22Cl2N2O10S. The molecule has 1 aliphatic rings. The van der Waals surface area contributed by atoms with E-state index in [9.17, 15) is 42.6 Å². The van der Waals surface area contributed by atoms with E-state index < -0.39 is 50.9 Å². The van der Waals surface area contributed by atoms with E-state index in [0.29, 0.717) is 5.56 Å².